The number of aliphatic hydroxyl groups excluding tert-OH is 4. The van der Waals surface area contributed by atoms with E-state index < -0.39 is 90.4 Å². The van der Waals surface area contributed by atoms with Gasteiger partial charge in [-0.1, -0.05) is 19.1 Å². The molecule has 6 fully saturated rings. The van der Waals surface area contributed by atoms with Gasteiger partial charge in [0.1, 0.15) is 30.7 Å². The summed E-state index contributed by atoms with van der Waals surface area (Å²) in [5, 5.41) is 54.5. The van der Waals surface area contributed by atoms with Crippen LogP contribution in [0.5, 0.6) is 5.75 Å². The van der Waals surface area contributed by atoms with Crippen LogP contribution in [-0.2, 0) is 41.0 Å². The van der Waals surface area contributed by atoms with E-state index in [1.54, 1.807) is 19.1 Å². The minimum Gasteiger partial charge on any atom is -0.476 e. The topological polar surface area (TPSA) is 193 Å². The summed E-state index contributed by atoms with van der Waals surface area (Å²) in [6.07, 6.45) is -6.97. The van der Waals surface area contributed by atoms with E-state index >= 15 is 0 Å². The molecule has 48 heavy (non-hydrogen) atoms. The molecule has 16 heteroatoms. The van der Waals surface area contributed by atoms with Crippen molar-refractivity contribution in [2.24, 2.45) is 17.8 Å². The average molecular weight is 706 g/mol. The van der Waals surface area contributed by atoms with E-state index in [-0.39, 0.29) is 23.1 Å². The van der Waals surface area contributed by atoms with Gasteiger partial charge in [0.25, 0.3) is 12.2 Å². The molecular weight excluding hydrogens is 664 g/mol. The first-order chi connectivity index (χ1) is 22.6. The molecule has 4 bridgehead atoms. The maximum absolute atomic E-state index is 13.7. The van der Waals surface area contributed by atoms with Crippen molar-refractivity contribution in [1.82, 2.24) is 5.32 Å². The van der Waals surface area contributed by atoms with Crippen LogP contribution in [0.15, 0.2) is 18.2 Å². The molecule has 0 aromatic heterocycles. The molecule has 4 aliphatic carbocycles. The first kappa shape index (κ1) is 35.6. The van der Waals surface area contributed by atoms with Crippen molar-refractivity contribution in [1.29, 1.82) is 0 Å². The van der Waals surface area contributed by atoms with Crippen LogP contribution in [0.4, 0.5) is 8.78 Å². The number of carbonyl (C=O) groups excluding carboxylic acids is 1. The van der Waals surface area contributed by atoms with E-state index in [1.807, 2.05) is 0 Å². The van der Waals surface area contributed by atoms with E-state index in [0.717, 1.165) is 26.2 Å². The van der Waals surface area contributed by atoms with Gasteiger partial charge < -0.3 is 45.1 Å². The van der Waals surface area contributed by atoms with Crippen LogP contribution in [0.2, 0.25) is 0 Å². The minimum absolute atomic E-state index is 0.0678. The zero-order chi connectivity index (χ0) is 34.8. The van der Waals surface area contributed by atoms with E-state index in [2.05, 4.69) is 5.32 Å². The lowest BCUT2D eigenvalue weighted by molar-refractivity contribution is -0.648. The van der Waals surface area contributed by atoms with Gasteiger partial charge in [0.2, 0.25) is 5.91 Å². The van der Waals surface area contributed by atoms with Crippen molar-refractivity contribution < 1.29 is 67.9 Å². The third-order valence-electron chi connectivity index (χ3n) is 10.8. The van der Waals surface area contributed by atoms with E-state index in [9.17, 15) is 43.9 Å². The molecule has 2 heterocycles. The molecule has 2 aliphatic heterocycles. The second-order valence-corrected chi connectivity index (χ2v) is 14.7. The number of carbonyl (C=O) groups is 2. The number of aryl methyl sites for hydroxylation is 1. The molecule has 13 nitrogen and oxygen atoms in total. The second-order valence-electron chi connectivity index (χ2n) is 13.9. The van der Waals surface area contributed by atoms with Crippen LogP contribution in [0, 0.1) is 17.8 Å². The maximum Gasteiger partial charge on any atom is 0.377 e. The Labute approximate surface area is 280 Å². The van der Waals surface area contributed by atoms with E-state index in [4.69, 9.17) is 35.6 Å². The SMILES string of the molecule is CCc1ccc(C2(OCC(F)F)OOC23C2CC4CC3CC(Cl)(C4)C2)cc1OC1(C(=O)O)CC(O)C(NC(C)=O)C(C(O)C(O)CO)O1. The number of amides is 1. The summed E-state index contributed by atoms with van der Waals surface area (Å²) in [4.78, 5) is 36.1. The van der Waals surface area contributed by atoms with Gasteiger partial charge in [0.15, 0.2) is 5.60 Å². The standard InChI is InChI=1S/C32H42ClF2NO12/c1-3-17-4-5-18(32(44-14-24(34)35)31(47-48-32)19-6-16-7-20(31)11-29(33,9-16)10-19)8-23(17)45-30(28(42)43)12-21(39)25(36-15(2)38)27(46-30)26(41)22(40)13-37/h4-5,8,16,19-22,24-27,37,39-41H,3,6-7,9-14H2,1-2H3,(H,36,38)(H,42,43). The highest BCUT2D eigenvalue weighted by molar-refractivity contribution is 6.24. The van der Waals surface area contributed by atoms with Crippen LogP contribution in [0.25, 0.3) is 0 Å². The number of nitrogens with one attached hydrogen (secondary N) is 1. The maximum atomic E-state index is 13.7. The van der Waals surface area contributed by atoms with Gasteiger partial charge in [0.05, 0.1) is 25.2 Å². The predicted molar refractivity (Wildman–Crippen MR) is 160 cm³/mol. The lowest BCUT2D eigenvalue weighted by Crippen LogP contribution is -2.78. The molecule has 0 radical (unpaired) electrons. The lowest BCUT2D eigenvalue weighted by Gasteiger charge is -2.70. The van der Waals surface area contributed by atoms with Gasteiger partial charge in [0, 0.05) is 17.4 Å². The predicted octanol–water partition coefficient (Wildman–Crippen LogP) is 1.73. The van der Waals surface area contributed by atoms with Crippen LogP contribution in [-0.4, -0.2) is 104 Å². The zero-order valence-corrected chi connectivity index (χ0v) is 27.3. The molecule has 4 saturated carbocycles. The first-order valence-electron chi connectivity index (χ1n) is 16.3. The Kier molecular flexibility index (Phi) is 9.53. The highest BCUT2D eigenvalue weighted by atomic mass is 35.5. The second kappa shape index (κ2) is 12.8. The number of hydrogen-bond donors (Lipinski definition) is 6. The summed E-state index contributed by atoms with van der Waals surface area (Å²) in [6.45, 7) is 0.991. The first-order valence-corrected chi connectivity index (χ1v) is 16.6. The summed E-state index contributed by atoms with van der Waals surface area (Å²) < 4.78 is 45.4. The fourth-order valence-electron chi connectivity index (χ4n) is 8.99. The third kappa shape index (κ3) is 5.68. The molecule has 1 aromatic carbocycles. The zero-order valence-electron chi connectivity index (χ0n) is 26.5. The van der Waals surface area contributed by atoms with Crippen molar-refractivity contribution >= 4 is 23.5 Å². The van der Waals surface area contributed by atoms with Crippen LogP contribution >= 0.6 is 11.6 Å². The molecule has 6 N–H and O–H groups in total. The Morgan fingerprint density at radius 2 is 1.81 bits per heavy atom. The Hall–Kier alpha value is -2.21. The van der Waals surface area contributed by atoms with Gasteiger partial charge in [-0.05, 0) is 67.9 Å². The van der Waals surface area contributed by atoms with Crippen molar-refractivity contribution in [3.05, 3.63) is 29.3 Å². The van der Waals surface area contributed by atoms with Crippen LogP contribution < -0.4 is 10.1 Å². The van der Waals surface area contributed by atoms with Crippen molar-refractivity contribution in [3.8, 4) is 5.75 Å². The summed E-state index contributed by atoms with van der Waals surface area (Å²) in [5.41, 5.74) is -0.444. The number of alkyl halides is 3. The Morgan fingerprint density at radius 3 is 2.33 bits per heavy atom. The Balaban J connectivity index is 1.40. The molecule has 1 aromatic rings. The molecule has 268 valence electrons. The van der Waals surface area contributed by atoms with E-state index in [1.165, 1.54) is 6.07 Å². The summed E-state index contributed by atoms with van der Waals surface area (Å²) in [7, 11) is 0. The number of aliphatic carboxylic acids is 1. The fraction of sp³-hybridized carbons (Fsp3) is 0.750. The quantitative estimate of drug-likeness (QED) is 0.137. The number of carboxylic acid groups (broad SMARTS) is 1. The number of hydrogen-bond acceptors (Lipinski definition) is 11. The van der Waals surface area contributed by atoms with Gasteiger partial charge in [-0.2, -0.15) is 4.89 Å². The van der Waals surface area contributed by atoms with Crippen LogP contribution in [0.3, 0.4) is 0 Å². The number of halogens is 3. The summed E-state index contributed by atoms with van der Waals surface area (Å²) in [6, 6.07) is 3.28. The van der Waals surface area contributed by atoms with Gasteiger partial charge in [-0.25, -0.2) is 18.5 Å². The normalized spacial score (nSPS) is 41.2. The monoisotopic (exact) mass is 705 g/mol. The van der Waals surface area contributed by atoms with Gasteiger partial charge in [-0.3, -0.25) is 4.79 Å². The third-order valence-corrected chi connectivity index (χ3v) is 11.3. The number of rotatable bonds is 12. The van der Waals surface area contributed by atoms with Gasteiger partial charge in [-0.15, -0.1) is 11.6 Å². The molecule has 1 spiro atoms. The van der Waals surface area contributed by atoms with Crippen molar-refractivity contribution in [2.75, 3.05) is 13.2 Å². The molecule has 7 rings (SSSR count). The van der Waals surface area contributed by atoms with Crippen LogP contribution in [0.1, 0.15) is 63.5 Å². The smallest absolute Gasteiger partial charge is 0.377 e. The average Bonchev–Trinajstić information content (AvgIpc) is 3.00. The molecule has 1 amide bonds. The van der Waals surface area contributed by atoms with Crippen molar-refractivity contribution in [2.45, 2.75) is 118 Å². The van der Waals surface area contributed by atoms with Crippen molar-refractivity contribution in [3.63, 3.8) is 0 Å². The molecule has 9 atom stereocenters. The number of aliphatic hydroxyl groups is 4. The molecule has 6 aliphatic rings. The molecule has 9 unspecified atom stereocenters. The largest absolute Gasteiger partial charge is 0.476 e. The summed E-state index contributed by atoms with van der Waals surface area (Å²) >= 11 is 7.00. The fourth-order valence-corrected chi connectivity index (χ4v) is 9.58. The number of carboxylic acids is 1. The molecule has 2 saturated heterocycles. The highest BCUT2D eigenvalue weighted by Gasteiger charge is 2.78. The highest BCUT2D eigenvalue weighted by Crippen LogP contribution is 2.71. The minimum atomic E-state index is -2.84. The lowest BCUT2D eigenvalue weighted by atomic mass is 9.46. The van der Waals surface area contributed by atoms with E-state index in [0.29, 0.717) is 30.7 Å². The summed E-state index contributed by atoms with van der Waals surface area (Å²) in [5.74, 6) is -6.90. The molecular formula is C32H42ClF2NO12. The van der Waals surface area contributed by atoms with Gasteiger partial charge >= 0.3 is 11.8 Å². The number of ether oxygens (including phenoxy) is 3. The Morgan fingerprint density at radius 1 is 1.12 bits per heavy atom. The number of benzene rings is 1. The Bertz CT molecular complexity index is 1390.